The summed E-state index contributed by atoms with van der Waals surface area (Å²) in [6, 6.07) is 5.76. The maximum absolute atomic E-state index is 12.3. The summed E-state index contributed by atoms with van der Waals surface area (Å²) in [5.41, 5.74) is 2.96. The molecular weight excluding hydrogens is 302 g/mol. The molecule has 1 amide bonds. The Bertz CT molecular complexity index is 679. The molecule has 0 spiro atoms. The summed E-state index contributed by atoms with van der Waals surface area (Å²) >= 11 is 0. The predicted molar refractivity (Wildman–Crippen MR) is 85.5 cm³/mol. The summed E-state index contributed by atoms with van der Waals surface area (Å²) in [5, 5.41) is 6.29. The lowest BCUT2D eigenvalue weighted by atomic mass is 10.0. The molecule has 0 aliphatic carbocycles. The molecule has 2 aliphatic rings. The van der Waals surface area contributed by atoms with Gasteiger partial charge in [-0.25, -0.2) is 12.7 Å². The molecular formula is C15H21N3O3S. The largest absolute Gasteiger partial charge is 0.384 e. The number of hydrogen-bond acceptors (Lipinski definition) is 4. The Hall–Kier alpha value is -1.60. The van der Waals surface area contributed by atoms with Gasteiger partial charge in [0.1, 0.15) is 0 Å². The molecule has 1 aromatic rings. The molecule has 1 aromatic carbocycles. The number of fused-ring (bicyclic) bond motifs is 1. The van der Waals surface area contributed by atoms with Gasteiger partial charge in [0, 0.05) is 36.9 Å². The summed E-state index contributed by atoms with van der Waals surface area (Å²) in [6.45, 7) is 1.86. The maximum atomic E-state index is 12.3. The number of amides is 1. The third-order valence-electron chi connectivity index (χ3n) is 4.34. The van der Waals surface area contributed by atoms with Crippen LogP contribution in [0.25, 0.3) is 0 Å². The predicted octanol–water partition coefficient (Wildman–Crippen LogP) is 0.808. The Balaban J connectivity index is 1.59. The van der Waals surface area contributed by atoms with Gasteiger partial charge in [0.25, 0.3) is 5.91 Å². The number of nitrogens with zero attached hydrogens (tertiary/aromatic N) is 1. The first kappa shape index (κ1) is 15.3. The van der Waals surface area contributed by atoms with E-state index < -0.39 is 10.0 Å². The molecule has 1 saturated heterocycles. The number of rotatable bonds is 3. The number of piperidine rings is 1. The minimum atomic E-state index is -3.12. The smallest absolute Gasteiger partial charge is 0.251 e. The van der Waals surface area contributed by atoms with Crippen LogP contribution in [0.4, 0.5) is 5.69 Å². The molecule has 3 rings (SSSR count). The Kier molecular flexibility index (Phi) is 4.10. The number of hydrogen-bond donors (Lipinski definition) is 2. The lowest BCUT2D eigenvalue weighted by Gasteiger charge is -2.30. The fraction of sp³-hybridized carbons (Fsp3) is 0.533. The van der Waals surface area contributed by atoms with Crippen molar-refractivity contribution in [1.29, 1.82) is 0 Å². The highest BCUT2D eigenvalue weighted by Crippen LogP contribution is 2.23. The van der Waals surface area contributed by atoms with E-state index in [4.69, 9.17) is 0 Å². The van der Waals surface area contributed by atoms with Crippen LogP contribution in [0.3, 0.4) is 0 Å². The van der Waals surface area contributed by atoms with Gasteiger partial charge in [0.2, 0.25) is 10.0 Å². The van der Waals surface area contributed by atoms with Crippen molar-refractivity contribution in [3.05, 3.63) is 29.3 Å². The van der Waals surface area contributed by atoms with E-state index in [1.807, 2.05) is 18.2 Å². The van der Waals surface area contributed by atoms with Crippen LogP contribution >= 0.6 is 0 Å². The Labute approximate surface area is 130 Å². The zero-order chi connectivity index (χ0) is 15.7. The molecule has 0 atom stereocenters. The van der Waals surface area contributed by atoms with E-state index in [2.05, 4.69) is 10.6 Å². The summed E-state index contributed by atoms with van der Waals surface area (Å²) in [4.78, 5) is 12.3. The van der Waals surface area contributed by atoms with Gasteiger partial charge in [-0.2, -0.15) is 0 Å². The van der Waals surface area contributed by atoms with Crippen LogP contribution in [0, 0.1) is 0 Å². The summed E-state index contributed by atoms with van der Waals surface area (Å²) in [6.07, 6.45) is 3.49. The van der Waals surface area contributed by atoms with Crippen LogP contribution in [-0.2, 0) is 16.4 Å². The van der Waals surface area contributed by atoms with Crippen molar-refractivity contribution in [2.75, 3.05) is 31.2 Å². The molecule has 22 heavy (non-hydrogen) atoms. The highest BCUT2D eigenvalue weighted by atomic mass is 32.2. The fourth-order valence-electron chi connectivity index (χ4n) is 3.05. The molecule has 2 aliphatic heterocycles. The third-order valence-corrected chi connectivity index (χ3v) is 5.64. The van der Waals surface area contributed by atoms with E-state index in [9.17, 15) is 13.2 Å². The fourth-order valence-corrected chi connectivity index (χ4v) is 3.92. The number of carbonyl (C=O) groups is 1. The van der Waals surface area contributed by atoms with Gasteiger partial charge in [-0.15, -0.1) is 0 Å². The number of sulfonamides is 1. The average molecular weight is 323 g/mol. The van der Waals surface area contributed by atoms with Crippen molar-refractivity contribution in [3.63, 3.8) is 0 Å². The molecule has 0 saturated carbocycles. The highest BCUT2D eigenvalue weighted by Gasteiger charge is 2.26. The van der Waals surface area contributed by atoms with E-state index in [1.54, 1.807) is 0 Å². The first-order valence-electron chi connectivity index (χ1n) is 7.56. The van der Waals surface area contributed by atoms with Gasteiger partial charge in [-0.1, -0.05) is 0 Å². The second-order valence-electron chi connectivity index (χ2n) is 5.96. The van der Waals surface area contributed by atoms with Gasteiger partial charge in [0.15, 0.2) is 0 Å². The summed E-state index contributed by atoms with van der Waals surface area (Å²) in [7, 11) is -3.12. The topological polar surface area (TPSA) is 78.5 Å². The van der Waals surface area contributed by atoms with Crippen LogP contribution in [0.1, 0.15) is 28.8 Å². The molecule has 7 heteroatoms. The van der Waals surface area contributed by atoms with Crippen molar-refractivity contribution in [2.45, 2.75) is 25.3 Å². The lowest BCUT2D eigenvalue weighted by molar-refractivity contribution is 0.0924. The van der Waals surface area contributed by atoms with E-state index >= 15 is 0 Å². The van der Waals surface area contributed by atoms with E-state index in [0.717, 1.165) is 18.7 Å². The molecule has 0 radical (unpaired) electrons. The van der Waals surface area contributed by atoms with Crippen molar-refractivity contribution in [1.82, 2.24) is 9.62 Å². The maximum Gasteiger partial charge on any atom is 0.251 e. The minimum absolute atomic E-state index is 0.0388. The monoisotopic (exact) mass is 323 g/mol. The zero-order valence-electron chi connectivity index (χ0n) is 12.6. The van der Waals surface area contributed by atoms with Gasteiger partial charge in [-0.05, 0) is 43.0 Å². The number of benzene rings is 1. The first-order valence-corrected chi connectivity index (χ1v) is 9.41. The molecule has 1 fully saturated rings. The van der Waals surface area contributed by atoms with Gasteiger partial charge >= 0.3 is 0 Å². The number of anilines is 1. The molecule has 2 N–H and O–H groups in total. The molecule has 0 unspecified atom stereocenters. The van der Waals surface area contributed by atoms with Crippen molar-refractivity contribution in [2.24, 2.45) is 0 Å². The zero-order valence-corrected chi connectivity index (χ0v) is 13.4. The Morgan fingerprint density at radius 2 is 2.05 bits per heavy atom. The van der Waals surface area contributed by atoms with Crippen LogP contribution in [0.5, 0.6) is 0 Å². The standard InChI is InChI=1S/C15H21N3O3S/c1-22(20,21)18-8-5-13(6-9-18)17-15(19)12-2-3-14-11(10-12)4-7-16-14/h2-3,10,13,16H,4-9H2,1H3,(H,17,19). The van der Waals surface area contributed by atoms with Gasteiger partial charge in [-0.3, -0.25) is 4.79 Å². The quantitative estimate of drug-likeness (QED) is 0.863. The SMILES string of the molecule is CS(=O)(=O)N1CCC(NC(=O)c2ccc3c(c2)CCN3)CC1. The number of carbonyl (C=O) groups excluding carboxylic acids is 1. The Morgan fingerprint density at radius 3 is 2.73 bits per heavy atom. The van der Waals surface area contributed by atoms with Crippen molar-refractivity contribution < 1.29 is 13.2 Å². The van der Waals surface area contributed by atoms with Crippen LogP contribution in [0.2, 0.25) is 0 Å². The van der Waals surface area contributed by atoms with Crippen LogP contribution in [0.15, 0.2) is 18.2 Å². The normalized spacial score (nSPS) is 19.5. The van der Waals surface area contributed by atoms with Crippen molar-refractivity contribution >= 4 is 21.6 Å². The van der Waals surface area contributed by atoms with E-state index in [-0.39, 0.29) is 11.9 Å². The average Bonchev–Trinajstić information content (AvgIpc) is 2.94. The minimum Gasteiger partial charge on any atom is -0.384 e. The summed E-state index contributed by atoms with van der Waals surface area (Å²) < 4.78 is 24.4. The number of nitrogens with one attached hydrogen (secondary N) is 2. The van der Waals surface area contributed by atoms with Gasteiger partial charge < -0.3 is 10.6 Å². The van der Waals surface area contributed by atoms with Crippen LogP contribution in [-0.4, -0.2) is 50.6 Å². The highest BCUT2D eigenvalue weighted by molar-refractivity contribution is 7.88. The lowest BCUT2D eigenvalue weighted by Crippen LogP contribution is -2.46. The van der Waals surface area contributed by atoms with E-state index in [1.165, 1.54) is 16.1 Å². The molecule has 2 heterocycles. The first-order chi connectivity index (χ1) is 10.4. The van der Waals surface area contributed by atoms with E-state index in [0.29, 0.717) is 31.5 Å². The molecule has 0 aromatic heterocycles. The Morgan fingerprint density at radius 1 is 1.32 bits per heavy atom. The summed E-state index contributed by atoms with van der Waals surface area (Å²) in [5.74, 6) is -0.0764. The second kappa shape index (κ2) is 5.89. The molecule has 6 nitrogen and oxygen atoms in total. The van der Waals surface area contributed by atoms with Crippen molar-refractivity contribution in [3.8, 4) is 0 Å². The second-order valence-corrected chi connectivity index (χ2v) is 7.94. The third kappa shape index (κ3) is 3.25. The van der Waals surface area contributed by atoms with Crippen LogP contribution < -0.4 is 10.6 Å². The molecule has 120 valence electrons. The molecule has 0 bridgehead atoms. The van der Waals surface area contributed by atoms with Gasteiger partial charge in [0.05, 0.1) is 6.26 Å².